The van der Waals surface area contributed by atoms with Gasteiger partial charge in [-0.1, -0.05) is 12.1 Å². The number of hydrogen-bond donors (Lipinski definition) is 2. The molecule has 9 heteroatoms. The molecule has 0 radical (unpaired) electrons. The summed E-state index contributed by atoms with van der Waals surface area (Å²) in [6.07, 6.45) is 8.62. The Morgan fingerprint density at radius 1 is 1.03 bits per heavy atom. The summed E-state index contributed by atoms with van der Waals surface area (Å²) < 4.78 is 7.60. The number of aromatic nitrogens is 4. The molecule has 32 heavy (non-hydrogen) atoms. The number of ether oxygens (including phenoxy) is 1. The van der Waals surface area contributed by atoms with Crippen LogP contribution in [0.4, 0.5) is 0 Å². The first-order valence-corrected chi connectivity index (χ1v) is 10.7. The summed E-state index contributed by atoms with van der Waals surface area (Å²) in [7, 11) is 0. The van der Waals surface area contributed by atoms with Gasteiger partial charge < -0.3 is 14.9 Å². The number of carboxylic acid groups (broad SMARTS) is 1. The molecule has 2 fully saturated rings. The molecule has 2 N–H and O–H groups in total. The minimum atomic E-state index is -0.312. The van der Waals surface area contributed by atoms with Gasteiger partial charge in [-0.15, -0.1) is 0 Å². The summed E-state index contributed by atoms with van der Waals surface area (Å²) in [5.74, 6) is 1.92. The van der Waals surface area contributed by atoms with Crippen LogP contribution in [-0.4, -0.2) is 60.5 Å². The average molecular weight is 438 g/mol. The van der Waals surface area contributed by atoms with Gasteiger partial charge >= 0.3 is 6.01 Å². The van der Waals surface area contributed by atoms with E-state index in [1.54, 1.807) is 24.7 Å². The van der Waals surface area contributed by atoms with Gasteiger partial charge in [0.2, 0.25) is 0 Å². The lowest BCUT2D eigenvalue weighted by atomic mass is 9.77. The highest BCUT2D eigenvalue weighted by Crippen LogP contribution is 2.41. The average Bonchev–Trinajstić information content (AvgIpc) is 3.45. The first-order valence-electron chi connectivity index (χ1n) is 10.7. The van der Waals surface area contributed by atoms with Gasteiger partial charge in [0.25, 0.3) is 6.47 Å². The minimum absolute atomic E-state index is 0.0998. The fourth-order valence-electron chi connectivity index (χ4n) is 4.76. The molecule has 168 valence electrons. The van der Waals surface area contributed by atoms with Crippen LogP contribution in [0.25, 0.3) is 0 Å². The van der Waals surface area contributed by atoms with Crippen LogP contribution in [0.1, 0.15) is 24.4 Å². The first-order chi connectivity index (χ1) is 15.7. The molecule has 1 saturated carbocycles. The second-order valence-corrected chi connectivity index (χ2v) is 8.19. The second kappa shape index (κ2) is 10.3. The highest BCUT2D eigenvalue weighted by Gasteiger charge is 2.42. The van der Waals surface area contributed by atoms with E-state index in [4.69, 9.17) is 14.6 Å². The number of benzene rings is 1. The Labute approximate surface area is 186 Å². The largest absolute Gasteiger partial charge is 0.483 e. The molecule has 0 unspecified atom stereocenters. The number of likely N-dealkylation sites (tertiary alicyclic amines) is 1. The molecule has 9 nitrogen and oxygen atoms in total. The SMILES string of the molecule is O=CO.O[C@@H]1C[C@H]2CN(Cc3ccc(Oc4ncccn4)cc3)C[C@H]2C[C@H]1n1cccn1. The molecule has 1 aromatic carbocycles. The van der Waals surface area contributed by atoms with Crippen LogP contribution in [0.15, 0.2) is 61.2 Å². The maximum Gasteiger partial charge on any atom is 0.321 e. The molecule has 4 atom stereocenters. The molecule has 5 rings (SSSR count). The van der Waals surface area contributed by atoms with E-state index in [-0.39, 0.29) is 18.6 Å². The van der Waals surface area contributed by atoms with Gasteiger partial charge in [-0.25, -0.2) is 9.97 Å². The van der Waals surface area contributed by atoms with Crippen molar-refractivity contribution in [1.82, 2.24) is 24.6 Å². The summed E-state index contributed by atoms with van der Waals surface area (Å²) in [5, 5.41) is 21.9. The van der Waals surface area contributed by atoms with Crippen molar-refractivity contribution < 1.29 is 19.7 Å². The molecular weight excluding hydrogens is 410 g/mol. The molecule has 3 heterocycles. The van der Waals surface area contributed by atoms with E-state index in [1.807, 2.05) is 29.1 Å². The number of carbonyl (C=O) groups is 1. The molecular formula is C23H27N5O4. The molecule has 0 spiro atoms. The van der Waals surface area contributed by atoms with E-state index < -0.39 is 0 Å². The van der Waals surface area contributed by atoms with Crippen LogP contribution in [-0.2, 0) is 11.3 Å². The number of fused-ring (bicyclic) bond motifs is 1. The summed E-state index contributed by atoms with van der Waals surface area (Å²) in [5.41, 5.74) is 1.26. The zero-order chi connectivity index (χ0) is 22.3. The van der Waals surface area contributed by atoms with Crippen LogP contribution in [0.5, 0.6) is 11.8 Å². The summed E-state index contributed by atoms with van der Waals surface area (Å²) in [4.78, 5) is 19.0. The van der Waals surface area contributed by atoms with Crippen LogP contribution >= 0.6 is 0 Å². The third-order valence-electron chi connectivity index (χ3n) is 6.13. The molecule has 3 aromatic rings. The van der Waals surface area contributed by atoms with Crippen molar-refractivity contribution >= 4 is 6.47 Å². The van der Waals surface area contributed by atoms with Gasteiger partial charge in [0, 0.05) is 44.4 Å². The summed E-state index contributed by atoms with van der Waals surface area (Å²) in [6.45, 7) is 2.78. The first kappa shape index (κ1) is 21.9. The van der Waals surface area contributed by atoms with Crippen molar-refractivity contribution in [3.63, 3.8) is 0 Å². The molecule has 1 saturated heterocycles. The van der Waals surface area contributed by atoms with E-state index in [1.165, 1.54) is 5.56 Å². The van der Waals surface area contributed by atoms with E-state index >= 15 is 0 Å². The molecule has 2 aromatic heterocycles. The third kappa shape index (κ3) is 5.30. The van der Waals surface area contributed by atoms with E-state index in [0.717, 1.165) is 38.2 Å². The van der Waals surface area contributed by atoms with Crippen molar-refractivity contribution in [2.75, 3.05) is 13.1 Å². The molecule has 1 aliphatic carbocycles. The number of rotatable bonds is 5. The Morgan fingerprint density at radius 3 is 2.38 bits per heavy atom. The number of aliphatic hydroxyl groups is 1. The third-order valence-corrected chi connectivity index (χ3v) is 6.13. The monoisotopic (exact) mass is 437 g/mol. The standard InChI is InChI=1S/C22H25N5O2.CH2O2/c28-21-12-18-15-26(14-17(18)11-20(21)27-10-2-9-25-27)13-16-3-5-19(6-4-16)29-22-23-7-1-8-24-22;2-1-3/h1-10,17-18,20-21,28H,11-15H2;1H,(H,2,3)/t17-,18+,20-,21-;/m1./s1. The quantitative estimate of drug-likeness (QED) is 0.586. The summed E-state index contributed by atoms with van der Waals surface area (Å²) in [6, 6.07) is 12.3. The maximum absolute atomic E-state index is 10.6. The Bertz CT molecular complexity index is 968. The van der Waals surface area contributed by atoms with Crippen LogP contribution < -0.4 is 4.74 Å². The fourth-order valence-corrected chi connectivity index (χ4v) is 4.76. The lowest BCUT2D eigenvalue weighted by Crippen LogP contribution is -2.36. The predicted octanol–water partition coefficient (Wildman–Crippen LogP) is 2.61. The Balaban J connectivity index is 0.000000775. The number of nitrogens with zero attached hydrogens (tertiary/aromatic N) is 5. The van der Waals surface area contributed by atoms with Crippen molar-refractivity contribution in [1.29, 1.82) is 0 Å². The second-order valence-electron chi connectivity index (χ2n) is 8.19. The van der Waals surface area contributed by atoms with Crippen molar-refractivity contribution in [3.05, 3.63) is 66.7 Å². The smallest absolute Gasteiger partial charge is 0.321 e. The van der Waals surface area contributed by atoms with Gasteiger partial charge in [-0.05, 0) is 54.5 Å². The topological polar surface area (TPSA) is 114 Å². The highest BCUT2D eigenvalue weighted by molar-refractivity contribution is 5.32. The van der Waals surface area contributed by atoms with Gasteiger partial charge in [0.1, 0.15) is 5.75 Å². The van der Waals surface area contributed by atoms with Gasteiger partial charge in [-0.2, -0.15) is 5.10 Å². The normalized spacial score (nSPS) is 24.8. The van der Waals surface area contributed by atoms with Crippen LogP contribution in [0, 0.1) is 11.8 Å². The predicted molar refractivity (Wildman–Crippen MR) is 116 cm³/mol. The Kier molecular flexibility index (Phi) is 7.08. The number of hydrogen-bond acceptors (Lipinski definition) is 7. The lowest BCUT2D eigenvalue weighted by Gasteiger charge is -2.35. The fraction of sp³-hybridized carbons (Fsp3) is 0.391. The van der Waals surface area contributed by atoms with E-state index in [9.17, 15) is 5.11 Å². The summed E-state index contributed by atoms with van der Waals surface area (Å²) >= 11 is 0. The zero-order valence-electron chi connectivity index (χ0n) is 17.6. The van der Waals surface area contributed by atoms with Gasteiger partial charge in [0.15, 0.2) is 0 Å². The minimum Gasteiger partial charge on any atom is -0.483 e. The molecule has 1 aliphatic heterocycles. The van der Waals surface area contributed by atoms with Crippen molar-refractivity contribution in [2.24, 2.45) is 11.8 Å². The van der Waals surface area contributed by atoms with Gasteiger partial charge in [0.05, 0.1) is 12.1 Å². The van der Waals surface area contributed by atoms with Crippen molar-refractivity contribution in [2.45, 2.75) is 31.5 Å². The van der Waals surface area contributed by atoms with Crippen LogP contribution in [0.3, 0.4) is 0 Å². The maximum atomic E-state index is 10.6. The Morgan fingerprint density at radius 2 is 1.72 bits per heavy atom. The zero-order valence-corrected chi connectivity index (χ0v) is 17.6. The molecule has 2 aliphatic rings. The van der Waals surface area contributed by atoms with Crippen molar-refractivity contribution in [3.8, 4) is 11.8 Å². The van der Waals surface area contributed by atoms with Gasteiger partial charge in [-0.3, -0.25) is 14.4 Å². The van der Waals surface area contributed by atoms with E-state index in [0.29, 0.717) is 17.8 Å². The van der Waals surface area contributed by atoms with Crippen LogP contribution in [0.2, 0.25) is 0 Å². The van der Waals surface area contributed by atoms with E-state index in [2.05, 4.69) is 32.1 Å². The molecule has 0 amide bonds. The Hall–Kier alpha value is -3.30. The molecule has 0 bridgehead atoms. The lowest BCUT2D eigenvalue weighted by molar-refractivity contribution is -0.122. The highest BCUT2D eigenvalue weighted by atomic mass is 16.5. The number of aliphatic hydroxyl groups excluding tert-OH is 1.